The van der Waals surface area contributed by atoms with Crippen molar-refractivity contribution in [3.05, 3.63) is 39.5 Å². The number of halogens is 5. The molecule has 0 saturated heterocycles. The van der Waals surface area contributed by atoms with E-state index in [0.717, 1.165) is 10.2 Å². The molecule has 0 radical (unpaired) electrons. The fourth-order valence-electron chi connectivity index (χ4n) is 2.17. The molecule has 0 aliphatic rings. The van der Waals surface area contributed by atoms with Gasteiger partial charge < -0.3 is 9.88 Å². The van der Waals surface area contributed by atoms with E-state index in [2.05, 4.69) is 20.4 Å². The van der Waals surface area contributed by atoms with E-state index < -0.39 is 12.0 Å². The first-order valence-electron chi connectivity index (χ1n) is 6.72. The van der Waals surface area contributed by atoms with Gasteiger partial charge in [-0.2, -0.15) is 22.7 Å². The Morgan fingerprint density at radius 1 is 1.21 bits per heavy atom. The van der Waals surface area contributed by atoms with Crippen LogP contribution in [0.2, 0.25) is 10.2 Å². The third kappa shape index (κ3) is 3.01. The second kappa shape index (κ2) is 5.82. The first-order valence-corrected chi connectivity index (χ1v) is 7.47. The highest BCUT2D eigenvalue weighted by molar-refractivity contribution is 6.41. The van der Waals surface area contributed by atoms with Crippen molar-refractivity contribution in [2.75, 3.05) is 5.32 Å². The molecule has 1 N–H and O–H groups in total. The summed E-state index contributed by atoms with van der Waals surface area (Å²) in [6.07, 6.45) is -4.64. The Labute approximate surface area is 144 Å². The van der Waals surface area contributed by atoms with Gasteiger partial charge in [-0.15, -0.1) is 5.10 Å². The molecule has 0 amide bonds. The summed E-state index contributed by atoms with van der Waals surface area (Å²) in [5.41, 5.74) is 1.26. The molecule has 0 aliphatic carbocycles. The molecule has 3 rings (SSSR count). The number of fused-ring (bicyclic) bond motifs is 1. The summed E-state index contributed by atoms with van der Waals surface area (Å²) in [6, 6.07) is 3.25. The molecule has 0 aromatic carbocycles. The summed E-state index contributed by atoms with van der Waals surface area (Å²) in [7, 11) is 1.73. The van der Waals surface area contributed by atoms with Gasteiger partial charge >= 0.3 is 6.18 Å². The van der Waals surface area contributed by atoms with Crippen LogP contribution in [-0.2, 0) is 19.8 Å². The third-order valence-corrected chi connectivity index (χ3v) is 4.20. The normalized spacial score (nSPS) is 12.1. The van der Waals surface area contributed by atoms with Crippen LogP contribution in [0.25, 0.3) is 5.78 Å². The number of nitrogens with zero attached hydrogens (tertiary/aromatic N) is 5. The monoisotopic (exact) mass is 378 g/mol. The van der Waals surface area contributed by atoms with Crippen LogP contribution in [0.1, 0.15) is 17.2 Å². The molecule has 0 spiro atoms. The quantitative estimate of drug-likeness (QED) is 0.754. The number of aromatic nitrogens is 5. The molecule has 0 aliphatic heterocycles. The van der Waals surface area contributed by atoms with E-state index in [-0.39, 0.29) is 12.3 Å². The Bertz CT molecular complexity index is 915. The van der Waals surface area contributed by atoms with Gasteiger partial charge in [0.2, 0.25) is 0 Å². The summed E-state index contributed by atoms with van der Waals surface area (Å²) in [5.74, 6) is -1.05. The average molecular weight is 379 g/mol. The van der Waals surface area contributed by atoms with Gasteiger partial charge in [0.1, 0.15) is 11.0 Å². The van der Waals surface area contributed by atoms with E-state index in [1.165, 1.54) is 0 Å². The van der Waals surface area contributed by atoms with E-state index in [1.807, 2.05) is 0 Å². The number of hydrogen-bond donors (Lipinski definition) is 1. The predicted molar refractivity (Wildman–Crippen MR) is 83.3 cm³/mol. The average Bonchev–Trinajstić information content (AvgIpc) is 3.02. The zero-order valence-corrected chi connectivity index (χ0v) is 14.0. The van der Waals surface area contributed by atoms with Crippen LogP contribution in [0.5, 0.6) is 0 Å². The molecular weight excluding hydrogens is 368 g/mol. The maximum atomic E-state index is 12.8. The third-order valence-electron chi connectivity index (χ3n) is 3.36. The van der Waals surface area contributed by atoms with E-state index in [4.69, 9.17) is 23.2 Å². The second-order valence-electron chi connectivity index (χ2n) is 5.11. The standard InChI is InChI=1S/C13H11Cl2F3N6/c1-6-3-9(19-5-7-4-8(14)10(15)23(7)2)24-12(20-6)21-11(22-24)13(16,17)18/h3-4,19H,5H2,1-2H3. The predicted octanol–water partition coefficient (Wildman–Crippen LogP) is 3.71. The highest BCUT2D eigenvalue weighted by Gasteiger charge is 2.36. The topological polar surface area (TPSA) is 60.0 Å². The number of rotatable bonds is 3. The summed E-state index contributed by atoms with van der Waals surface area (Å²) < 4.78 is 41.1. The summed E-state index contributed by atoms with van der Waals surface area (Å²) in [6.45, 7) is 1.94. The molecule has 128 valence electrons. The van der Waals surface area contributed by atoms with Crippen LogP contribution in [0.4, 0.5) is 19.0 Å². The summed E-state index contributed by atoms with van der Waals surface area (Å²) in [4.78, 5) is 7.39. The van der Waals surface area contributed by atoms with Crippen molar-refractivity contribution >= 4 is 34.8 Å². The van der Waals surface area contributed by atoms with Crippen LogP contribution in [0.15, 0.2) is 12.1 Å². The molecule has 3 aromatic heterocycles. The molecule has 0 bridgehead atoms. The summed E-state index contributed by atoms with van der Waals surface area (Å²) in [5, 5.41) is 7.26. The summed E-state index contributed by atoms with van der Waals surface area (Å²) >= 11 is 11.9. The van der Waals surface area contributed by atoms with Crippen LogP contribution in [-0.4, -0.2) is 24.1 Å². The lowest BCUT2D eigenvalue weighted by Gasteiger charge is -2.09. The fraction of sp³-hybridized carbons (Fsp3) is 0.308. The van der Waals surface area contributed by atoms with Crippen LogP contribution in [0, 0.1) is 6.92 Å². The van der Waals surface area contributed by atoms with Gasteiger partial charge in [0.15, 0.2) is 0 Å². The Morgan fingerprint density at radius 2 is 1.92 bits per heavy atom. The van der Waals surface area contributed by atoms with Crippen molar-refractivity contribution in [2.24, 2.45) is 7.05 Å². The molecule has 3 heterocycles. The van der Waals surface area contributed by atoms with Crippen molar-refractivity contribution in [3.63, 3.8) is 0 Å². The molecule has 3 aromatic rings. The zero-order chi connectivity index (χ0) is 17.6. The van der Waals surface area contributed by atoms with Gasteiger partial charge in [0, 0.05) is 24.5 Å². The Kier molecular flexibility index (Phi) is 4.08. The minimum atomic E-state index is -4.64. The number of anilines is 1. The van der Waals surface area contributed by atoms with Crippen molar-refractivity contribution in [2.45, 2.75) is 19.6 Å². The van der Waals surface area contributed by atoms with Gasteiger partial charge in [-0.25, -0.2) is 4.98 Å². The van der Waals surface area contributed by atoms with E-state index >= 15 is 0 Å². The Morgan fingerprint density at radius 3 is 2.50 bits per heavy atom. The van der Waals surface area contributed by atoms with Crippen LogP contribution >= 0.6 is 23.2 Å². The maximum absolute atomic E-state index is 12.8. The minimum Gasteiger partial charge on any atom is -0.364 e. The maximum Gasteiger partial charge on any atom is 0.453 e. The van der Waals surface area contributed by atoms with E-state index in [0.29, 0.717) is 21.7 Å². The van der Waals surface area contributed by atoms with Crippen molar-refractivity contribution < 1.29 is 13.2 Å². The van der Waals surface area contributed by atoms with Gasteiger partial charge in [-0.3, -0.25) is 0 Å². The molecule has 0 saturated carbocycles. The first-order chi connectivity index (χ1) is 11.2. The zero-order valence-electron chi connectivity index (χ0n) is 12.5. The van der Waals surface area contributed by atoms with E-state index in [9.17, 15) is 13.2 Å². The van der Waals surface area contributed by atoms with Gasteiger partial charge in [0.05, 0.1) is 11.6 Å². The number of hydrogen-bond acceptors (Lipinski definition) is 4. The molecule has 11 heteroatoms. The van der Waals surface area contributed by atoms with Crippen LogP contribution in [0.3, 0.4) is 0 Å². The Balaban J connectivity index is 1.96. The number of alkyl halides is 3. The lowest BCUT2D eigenvalue weighted by Crippen LogP contribution is -2.10. The lowest BCUT2D eigenvalue weighted by atomic mass is 10.4. The largest absolute Gasteiger partial charge is 0.453 e. The number of nitrogens with one attached hydrogen (secondary N) is 1. The van der Waals surface area contributed by atoms with Gasteiger partial charge in [0.25, 0.3) is 11.6 Å². The Hall–Kier alpha value is -2.00. The van der Waals surface area contributed by atoms with E-state index in [1.54, 1.807) is 30.7 Å². The molecule has 24 heavy (non-hydrogen) atoms. The highest BCUT2D eigenvalue weighted by atomic mass is 35.5. The molecular formula is C13H11Cl2F3N6. The number of aryl methyl sites for hydroxylation is 1. The second-order valence-corrected chi connectivity index (χ2v) is 5.88. The smallest absolute Gasteiger partial charge is 0.364 e. The SMILES string of the molecule is Cc1cc(NCc2cc(Cl)c(Cl)n2C)n2nc(C(F)(F)F)nc2n1. The lowest BCUT2D eigenvalue weighted by molar-refractivity contribution is -0.144. The highest BCUT2D eigenvalue weighted by Crippen LogP contribution is 2.28. The molecule has 0 atom stereocenters. The van der Waals surface area contributed by atoms with Crippen molar-refractivity contribution in [1.29, 1.82) is 0 Å². The van der Waals surface area contributed by atoms with Gasteiger partial charge in [-0.1, -0.05) is 23.2 Å². The van der Waals surface area contributed by atoms with Crippen molar-refractivity contribution in [3.8, 4) is 0 Å². The first kappa shape index (κ1) is 16.8. The molecule has 0 unspecified atom stereocenters. The molecule has 6 nitrogen and oxygen atoms in total. The molecule has 0 fully saturated rings. The fourth-order valence-corrected chi connectivity index (χ4v) is 2.59. The minimum absolute atomic E-state index is 0.132. The van der Waals surface area contributed by atoms with Gasteiger partial charge in [-0.05, 0) is 13.0 Å². The van der Waals surface area contributed by atoms with Crippen LogP contribution < -0.4 is 5.32 Å². The van der Waals surface area contributed by atoms with Crippen molar-refractivity contribution in [1.82, 2.24) is 24.1 Å².